The van der Waals surface area contributed by atoms with Crippen molar-refractivity contribution in [2.45, 2.75) is 32.6 Å². The van der Waals surface area contributed by atoms with Gasteiger partial charge < -0.3 is 9.84 Å². The lowest BCUT2D eigenvalue weighted by atomic mass is 10.0. The van der Waals surface area contributed by atoms with Gasteiger partial charge in [0, 0.05) is 28.6 Å². The number of hydrogen-bond donors (Lipinski definition) is 1. The molecule has 0 aliphatic rings. The minimum Gasteiger partial charge on any atom is -0.339 e. The Morgan fingerprint density at radius 3 is 2.65 bits per heavy atom. The summed E-state index contributed by atoms with van der Waals surface area (Å²) in [5, 5.41) is 6.86. The number of nitrogens with one attached hydrogen (secondary N) is 1. The largest absolute Gasteiger partial charge is 0.339 e. The van der Waals surface area contributed by atoms with E-state index in [-0.39, 0.29) is 12.3 Å². The van der Waals surface area contributed by atoms with Crippen molar-refractivity contribution in [2.24, 2.45) is 0 Å². The van der Waals surface area contributed by atoms with Gasteiger partial charge in [-0.05, 0) is 29.7 Å². The van der Waals surface area contributed by atoms with E-state index in [1.54, 1.807) is 0 Å². The molecule has 0 spiro atoms. The van der Waals surface area contributed by atoms with Gasteiger partial charge in [0.2, 0.25) is 17.6 Å². The normalized spacial score (nSPS) is 10.9. The Kier molecular flexibility index (Phi) is 5.83. The highest BCUT2D eigenvalue weighted by atomic mass is 79.9. The van der Waals surface area contributed by atoms with Crippen molar-refractivity contribution in [3.05, 3.63) is 64.5 Å². The van der Waals surface area contributed by atoms with E-state index in [0.717, 1.165) is 15.7 Å². The third-order valence-corrected chi connectivity index (χ3v) is 4.47. The molecule has 6 heteroatoms. The monoisotopic (exact) mass is 413 g/mol. The van der Waals surface area contributed by atoms with E-state index in [9.17, 15) is 4.79 Å². The summed E-state index contributed by atoms with van der Waals surface area (Å²) in [6.07, 6.45) is 0.678. The maximum absolute atomic E-state index is 12.1. The number of carbonyl (C=O) groups is 1. The van der Waals surface area contributed by atoms with E-state index < -0.39 is 0 Å². The standard InChI is InChI=1S/C20H20BrN3O2/c1-13(2)14-6-8-15(9-7-14)20-23-19(26-24-20)11-10-18(25)22-17-5-3-4-16(21)12-17/h3-9,12-13H,10-11H2,1-2H3,(H,22,25). The van der Waals surface area contributed by atoms with Crippen molar-refractivity contribution >= 4 is 27.5 Å². The summed E-state index contributed by atoms with van der Waals surface area (Å²) in [7, 11) is 0. The summed E-state index contributed by atoms with van der Waals surface area (Å²) < 4.78 is 6.18. The SMILES string of the molecule is CC(C)c1ccc(-c2noc(CCC(=O)Nc3cccc(Br)c3)n2)cc1. The molecule has 0 aliphatic carbocycles. The van der Waals surface area contributed by atoms with Crippen LogP contribution in [0.25, 0.3) is 11.4 Å². The van der Waals surface area contributed by atoms with Crippen LogP contribution >= 0.6 is 15.9 Å². The number of amides is 1. The molecule has 1 N–H and O–H groups in total. The molecule has 0 aliphatic heterocycles. The highest BCUT2D eigenvalue weighted by molar-refractivity contribution is 9.10. The lowest BCUT2D eigenvalue weighted by Crippen LogP contribution is -2.12. The number of rotatable bonds is 6. The zero-order chi connectivity index (χ0) is 18.5. The molecule has 1 heterocycles. The molecule has 1 amide bonds. The zero-order valence-corrected chi connectivity index (χ0v) is 16.3. The van der Waals surface area contributed by atoms with Crippen LogP contribution < -0.4 is 5.32 Å². The smallest absolute Gasteiger partial charge is 0.227 e. The van der Waals surface area contributed by atoms with Gasteiger partial charge in [-0.1, -0.05) is 65.3 Å². The third-order valence-electron chi connectivity index (χ3n) is 3.98. The first-order valence-electron chi connectivity index (χ1n) is 8.49. The van der Waals surface area contributed by atoms with Crippen LogP contribution in [0.2, 0.25) is 0 Å². The summed E-state index contributed by atoms with van der Waals surface area (Å²) in [5.74, 6) is 1.39. The summed E-state index contributed by atoms with van der Waals surface area (Å²) in [4.78, 5) is 16.4. The maximum atomic E-state index is 12.1. The Bertz CT molecular complexity index is 888. The Labute approximate surface area is 160 Å². The minimum absolute atomic E-state index is 0.0934. The van der Waals surface area contributed by atoms with Crippen LogP contribution in [0.4, 0.5) is 5.69 Å². The van der Waals surface area contributed by atoms with Gasteiger partial charge in [-0.15, -0.1) is 0 Å². The molecular formula is C20H20BrN3O2. The second kappa shape index (κ2) is 8.27. The van der Waals surface area contributed by atoms with Gasteiger partial charge in [-0.3, -0.25) is 4.79 Å². The first kappa shape index (κ1) is 18.3. The van der Waals surface area contributed by atoms with Gasteiger partial charge in [0.1, 0.15) is 0 Å². The molecule has 0 atom stereocenters. The number of benzene rings is 2. The molecule has 3 aromatic rings. The number of hydrogen-bond acceptors (Lipinski definition) is 4. The molecular weight excluding hydrogens is 394 g/mol. The summed E-state index contributed by atoms with van der Waals surface area (Å²) in [5.41, 5.74) is 2.92. The number of aryl methyl sites for hydroxylation is 1. The fourth-order valence-corrected chi connectivity index (χ4v) is 2.90. The van der Waals surface area contributed by atoms with Crippen LogP contribution in [-0.4, -0.2) is 16.0 Å². The Morgan fingerprint density at radius 2 is 1.96 bits per heavy atom. The van der Waals surface area contributed by atoms with Crippen molar-refractivity contribution in [2.75, 3.05) is 5.32 Å². The van der Waals surface area contributed by atoms with E-state index >= 15 is 0 Å². The molecule has 0 radical (unpaired) electrons. The number of carbonyl (C=O) groups excluding carboxylic acids is 1. The van der Waals surface area contributed by atoms with Crippen molar-refractivity contribution in [3.8, 4) is 11.4 Å². The van der Waals surface area contributed by atoms with Crippen LogP contribution in [0.15, 0.2) is 57.5 Å². The van der Waals surface area contributed by atoms with Gasteiger partial charge in [-0.25, -0.2) is 0 Å². The first-order chi connectivity index (χ1) is 12.5. The molecule has 0 unspecified atom stereocenters. The van der Waals surface area contributed by atoms with Crippen molar-refractivity contribution in [1.82, 2.24) is 10.1 Å². The minimum atomic E-state index is -0.0934. The molecule has 0 bridgehead atoms. The second-order valence-corrected chi connectivity index (χ2v) is 7.26. The summed E-state index contributed by atoms with van der Waals surface area (Å²) >= 11 is 3.38. The topological polar surface area (TPSA) is 68.0 Å². The fraction of sp³-hybridized carbons (Fsp3) is 0.250. The lowest BCUT2D eigenvalue weighted by Gasteiger charge is -2.04. The average Bonchev–Trinajstić information content (AvgIpc) is 3.09. The summed E-state index contributed by atoms with van der Waals surface area (Å²) in [6.45, 7) is 4.31. The van der Waals surface area contributed by atoms with Crippen LogP contribution in [-0.2, 0) is 11.2 Å². The number of aromatic nitrogens is 2. The van der Waals surface area contributed by atoms with Gasteiger partial charge in [0.15, 0.2) is 0 Å². The predicted octanol–water partition coefficient (Wildman–Crippen LogP) is 5.19. The van der Waals surface area contributed by atoms with Crippen LogP contribution in [0, 0.1) is 0 Å². The van der Waals surface area contributed by atoms with Crippen molar-refractivity contribution in [3.63, 3.8) is 0 Å². The van der Waals surface area contributed by atoms with Crippen LogP contribution in [0.3, 0.4) is 0 Å². The van der Waals surface area contributed by atoms with E-state index in [2.05, 4.69) is 57.4 Å². The van der Waals surface area contributed by atoms with E-state index in [1.807, 2.05) is 36.4 Å². The van der Waals surface area contributed by atoms with E-state index in [0.29, 0.717) is 24.1 Å². The molecule has 2 aromatic carbocycles. The molecule has 5 nitrogen and oxygen atoms in total. The van der Waals surface area contributed by atoms with Crippen molar-refractivity contribution < 1.29 is 9.32 Å². The Hall–Kier alpha value is -2.47. The summed E-state index contributed by atoms with van der Waals surface area (Å²) in [6, 6.07) is 15.6. The van der Waals surface area contributed by atoms with Crippen molar-refractivity contribution in [1.29, 1.82) is 0 Å². The van der Waals surface area contributed by atoms with E-state index in [4.69, 9.17) is 4.52 Å². The van der Waals surface area contributed by atoms with Gasteiger partial charge in [-0.2, -0.15) is 4.98 Å². The predicted molar refractivity (Wildman–Crippen MR) is 105 cm³/mol. The lowest BCUT2D eigenvalue weighted by molar-refractivity contribution is -0.116. The average molecular weight is 414 g/mol. The molecule has 0 saturated heterocycles. The Balaban J connectivity index is 1.57. The highest BCUT2D eigenvalue weighted by Gasteiger charge is 2.11. The van der Waals surface area contributed by atoms with Gasteiger partial charge >= 0.3 is 0 Å². The number of nitrogens with zero attached hydrogens (tertiary/aromatic N) is 2. The fourth-order valence-electron chi connectivity index (χ4n) is 2.50. The molecule has 26 heavy (non-hydrogen) atoms. The molecule has 0 saturated carbocycles. The van der Waals surface area contributed by atoms with E-state index in [1.165, 1.54) is 5.56 Å². The molecule has 1 aromatic heterocycles. The third kappa shape index (κ3) is 4.79. The highest BCUT2D eigenvalue weighted by Crippen LogP contribution is 2.21. The maximum Gasteiger partial charge on any atom is 0.227 e. The Morgan fingerprint density at radius 1 is 1.19 bits per heavy atom. The number of halogens is 1. The molecule has 3 rings (SSSR count). The van der Waals surface area contributed by atoms with Gasteiger partial charge in [0.25, 0.3) is 0 Å². The number of anilines is 1. The second-order valence-electron chi connectivity index (χ2n) is 6.35. The zero-order valence-electron chi connectivity index (χ0n) is 14.7. The molecule has 134 valence electrons. The van der Waals surface area contributed by atoms with Crippen LogP contribution in [0.1, 0.15) is 37.6 Å². The first-order valence-corrected chi connectivity index (χ1v) is 9.29. The van der Waals surface area contributed by atoms with Crippen LogP contribution in [0.5, 0.6) is 0 Å². The van der Waals surface area contributed by atoms with Gasteiger partial charge in [0.05, 0.1) is 0 Å². The molecule has 0 fully saturated rings. The quantitative estimate of drug-likeness (QED) is 0.603.